The summed E-state index contributed by atoms with van der Waals surface area (Å²) in [5.41, 5.74) is 1.48. The minimum atomic E-state index is -0.109. The van der Waals surface area contributed by atoms with Gasteiger partial charge in [-0.05, 0) is 37.1 Å². The lowest BCUT2D eigenvalue weighted by Gasteiger charge is -2.30. The third-order valence-corrected chi connectivity index (χ3v) is 3.63. The lowest BCUT2D eigenvalue weighted by molar-refractivity contribution is -0.132. The number of hydrogen-bond acceptors (Lipinski definition) is 2. The highest BCUT2D eigenvalue weighted by Gasteiger charge is 2.24. The van der Waals surface area contributed by atoms with Crippen molar-refractivity contribution in [2.75, 3.05) is 13.6 Å². The molecule has 4 nitrogen and oxygen atoms in total. The monoisotopic (exact) mass is 280 g/mol. The Labute approximate surface area is 117 Å². The second-order valence-corrected chi connectivity index (χ2v) is 5.38. The van der Waals surface area contributed by atoms with Gasteiger partial charge < -0.3 is 10.2 Å². The summed E-state index contributed by atoms with van der Waals surface area (Å²) < 4.78 is 0. The number of hydrogen-bond donors (Lipinski definition) is 1. The van der Waals surface area contributed by atoms with Gasteiger partial charge in [-0.1, -0.05) is 11.6 Å². The Morgan fingerprint density at radius 2 is 2.21 bits per heavy atom. The molecule has 5 heteroatoms. The number of nitrogens with zero attached hydrogens (tertiary/aromatic N) is 1. The summed E-state index contributed by atoms with van der Waals surface area (Å²) in [7, 11) is 1.76. The molecule has 1 aliphatic heterocycles. The molecule has 1 heterocycles. The lowest BCUT2D eigenvalue weighted by Crippen LogP contribution is -2.48. The van der Waals surface area contributed by atoms with E-state index in [1.165, 1.54) is 0 Å². The molecule has 1 unspecified atom stereocenters. The summed E-state index contributed by atoms with van der Waals surface area (Å²) in [5, 5.41) is 3.59. The topological polar surface area (TPSA) is 49.4 Å². The molecule has 1 aromatic rings. The van der Waals surface area contributed by atoms with Crippen molar-refractivity contribution in [1.82, 2.24) is 10.2 Å². The average Bonchev–Trinajstić information content (AvgIpc) is 2.33. The number of aryl methyl sites for hydroxylation is 1. The molecule has 0 spiro atoms. The summed E-state index contributed by atoms with van der Waals surface area (Å²) in [6, 6.07) is 5.22. The van der Waals surface area contributed by atoms with E-state index in [2.05, 4.69) is 5.32 Å². The minimum Gasteiger partial charge on any atom is -0.348 e. The number of amides is 2. The molecular formula is C14H17ClN2O2. The number of piperidine rings is 1. The van der Waals surface area contributed by atoms with Crippen molar-refractivity contribution in [1.29, 1.82) is 0 Å². The maximum absolute atomic E-state index is 12.2. The van der Waals surface area contributed by atoms with E-state index in [4.69, 9.17) is 11.6 Å². The van der Waals surface area contributed by atoms with Crippen molar-refractivity contribution >= 4 is 23.4 Å². The van der Waals surface area contributed by atoms with Crippen LogP contribution in [0.5, 0.6) is 0 Å². The van der Waals surface area contributed by atoms with Crippen LogP contribution in [0.3, 0.4) is 0 Å². The maximum atomic E-state index is 12.2. The first-order valence-electron chi connectivity index (χ1n) is 6.28. The molecule has 2 rings (SSSR count). The van der Waals surface area contributed by atoms with Crippen molar-refractivity contribution in [3.63, 3.8) is 0 Å². The van der Waals surface area contributed by atoms with Crippen LogP contribution in [0.4, 0.5) is 0 Å². The Hall–Kier alpha value is -1.55. The Morgan fingerprint density at radius 1 is 1.47 bits per heavy atom. The van der Waals surface area contributed by atoms with Gasteiger partial charge in [0.25, 0.3) is 5.91 Å². The molecular weight excluding hydrogens is 264 g/mol. The highest BCUT2D eigenvalue weighted by Crippen LogP contribution is 2.16. The fraction of sp³-hybridized carbons (Fsp3) is 0.429. The zero-order valence-corrected chi connectivity index (χ0v) is 11.8. The lowest BCUT2D eigenvalue weighted by atomic mass is 10.0. The van der Waals surface area contributed by atoms with Crippen LogP contribution in [0.2, 0.25) is 5.02 Å². The van der Waals surface area contributed by atoms with Gasteiger partial charge in [0.1, 0.15) is 0 Å². The van der Waals surface area contributed by atoms with Crippen LogP contribution < -0.4 is 5.32 Å². The maximum Gasteiger partial charge on any atom is 0.251 e. The number of nitrogens with one attached hydrogen (secondary N) is 1. The Morgan fingerprint density at radius 3 is 2.84 bits per heavy atom. The fourth-order valence-corrected chi connectivity index (χ4v) is 2.50. The van der Waals surface area contributed by atoms with Crippen LogP contribution >= 0.6 is 11.6 Å². The van der Waals surface area contributed by atoms with Crippen molar-refractivity contribution in [2.24, 2.45) is 0 Å². The zero-order valence-electron chi connectivity index (χ0n) is 11.1. The smallest absolute Gasteiger partial charge is 0.251 e. The van der Waals surface area contributed by atoms with Gasteiger partial charge in [-0.2, -0.15) is 0 Å². The molecule has 1 aliphatic rings. The first kappa shape index (κ1) is 13.9. The summed E-state index contributed by atoms with van der Waals surface area (Å²) in [6.45, 7) is 2.43. The molecule has 102 valence electrons. The molecule has 1 aromatic carbocycles. The number of halogens is 1. The van der Waals surface area contributed by atoms with Crippen LogP contribution in [0.15, 0.2) is 18.2 Å². The van der Waals surface area contributed by atoms with Crippen LogP contribution in [0.1, 0.15) is 28.8 Å². The highest BCUT2D eigenvalue weighted by molar-refractivity contribution is 6.30. The molecule has 2 amide bonds. The minimum absolute atomic E-state index is 0.0188. The second kappa shape index (κ2) is 5.61. The zero-order chi connectivity index (χ0) is 14.0. The van der Waals surface area contributed by atoms with Gasteiger partial charge in [0, 0.05) is 36.6 Å². The van der Waals surface area contributed by atoms with Crippen molar-refractivity contribution in [3.05, 3.63) is 34.3 Å². The van der Waals surface area contributed by atoms with Gasteiger partial charge in [0.15, 0.2) is 0 Å². The van der Waals surface area contributed by atoms with Gasteiger partial charge in [-0.3, -0.25) is 9.59 Å². The molecule has 1 saturated heterocycles. The first-order valence-corrected chi connectivity index (χ1v) is 6.66. The molecule has 19 heavy (non-hydrogen) atoms. The third kappa shape index (κ3) is 3.26. The SMILES string of the molecule is Cc1cc(Cl)ccc1C(=O)NC1CCC(=O)N(C)C1. The number of likely N-dealkylation sites (N-methyl/N-ethyl adjacent to an activating group) is 1. The second-order valence-electron chi connectivity index (χ2n) is 4.94. The predicted octanol–water partition coefficient (Wildman–Crippen LogP) is 2.00. The summed E-state index contributed by atoms with van der Waals surface area (Å²) >= 11 is 5.87. The molecule has 1 N–H and O–H groups in total. The van der Waals surface area contributed by atoms with Gasteiger partial charge in [0.05, 0.1) is 0 Å². The number of carbonyl (C=O) groups excluding carboxylic acids is 2. The van der Waals surface area contributed by atoms with Crippen molar-refractivity contribution < 1.29 is 9.59 Å². The van der Waals surface area contributed by atoms with Crippen molar-refractivity contribution in [2.45, 2.75) is 25.8 Å². The van der Waals surface area contributed by atoms with E-state index in [-0.39, 0.29) is 17.9 Å². The van der Waals surface area contributed by atoms with E-state index >= 15 is 0 Å². The molecule has 1 fully saturated rings. The van der Waals surface area contributed by atoms with E-state index in [1.54, 1.807) is 30.1 Å². The Kier molecular flexibility index (Phi) is 4.10. The van der Waals surface area contributed by atoms with Gasteiger partial charge >= 0.3 is 0 Å². The number of likely N-dealkylation sites (tertiary alicyclic amines) is 1. The molecule has 0 saturated carbocycles. The number of carbonyl (C=O) groups is 2. The molecule has 0 radical (unpaired) electrons. The van der Waals surface area contributed by atoms with E-state index < -0.39 is 0 Å². The largest absolute Gasteiger partial charge is 0.348 e. The van der Waals surface area contributed by atoms with Gasteiger partial charge in [0.2, 0.25) is 5.91 Å². The Balaban J connectivity index is 2.03. The fourth-order valence-electron chi connectivity index (χ4n) is 2.28. The molecule has 0 aliphatic carbocycles. The average molecular weight is 281 g/mol. The third-order valence-electron chi connectivity index (χ3n) is 3.39. The molecule has 0 aromatic heterocycles. The van der Waals surface area contributed by atoms with Crippen LogP contribution in [-0.4, -0.2) is 36.3 Å². The van der Waals surface area contributed by atoms with E-state index in [0.717, 1.165) is 5.56 Å². The van der Waals surface area contributed by atoms with Crippen LogP contribution in [0.25, 0.3) is 0 Å². The first-order chi connectivity index (χ1) is 8.97. The predicted molar refractivity (Wildman–Crippen MR) is 74.3 cm³/mol. The van der Waals surface area contributed by atoms with Crippen LogP contribution in [0, 0.1) is 6.92 Å². The molecule has 0 bridgehead atoms. The number of benzene rings is 1. The van der Waals surface area contributed by atoms with E-state index in [1.807, 2.05) is 6.92 Å². The normalized spacial score (nSPS) is 19.4. The summed E-state index contributed by atoms with van der Waals surface area (Å²) in [6.07, 6.45) is 1.18. The highest BCUT2D eigenvalue weighted by atomic mass is 35.5. The standard InChI is InChI=1S/C14H17ClN2O2/c1-9-7-10(15)3-5-12(9)14(19)16-11-4-6-13(18)17(2)8-11/h3,5,7,11H,4,6,8H2,1-2H3,(H,16,19). The van der Waals surface area contributed by atoms with Crippen LogP contribution in [-0.2, 0) is 4.79 Å². The van der Waals surface area contributed by atoms with E-state index in [0.29, 0.717) is 30.0 Å². The van der Waals surface area contributed by atoms with E-state index in [9.17, 15) is 9.59 Å². The quantitative estimate of drug-likeness (QED) is 0.901. The number of rotatable bonds is 2. The van der Waals surface area contributed by atoms with Gasteiger partial charge in [-0.25, -0.2) is 0 Å². The summed E-state index contributed by atoms with van der Waals surface area (Å²) in [5.74, 6) is 0.0232. The van der Waals surface area contributed by atoms with Gasteiger partial charge in [-0.15, -0.1) is 0 Å². The Bertz CT molecular complexity index is 516. The summed E-state index contributed by atoms with van der Waals surface area (Å²) in [4.78, 5) is 25.2. The van der Waals surface area contributed by atoms with Crippen molar-refractivity contribution in [3.8, 4) is 0 Å². The molecule has 1 atom stereocenters.